The van der Waals surface area contributed by atoms with E-state index in [9.17, 15) is 4.79 Å². The average Bonchev–Trinajstić information content (AvgIpc) is 2.31. The van der Waals surface area contributed by atoms with Crippen LogP contribution in [0, 0.1) is 0 Å². The number of hydrogen-bond donors (Lipinski definition) is 1. The third-order valence-electron chi connectivity index (χ3n) is 2.49. The van der Waals surface area contributed by atoms with Gasteiger partial charge in [0.1, 0.15) is 0 Å². The highest BCUT2D eigenvalue weighted by atomic mass is 16.1. The van der Waals surface area contributed by atoms with Crippen molar-refractivity contribution in [3.05, 3.63) is 24.4 Å². The van der Waals surface area contributed by atoms with Crippen LogP contribution in [-0.4, -0.2) is 35.6 Å². The fourth-order valence-electron chi connectivity index (χ4n) is 1.80. The molecule has 0 aromatic rings. The smallest absolute Gasteiger partial charge is 0.214 e. The number of allylic oxidation sites excluding steroid dienone is 2. The lowest BCUT2D eigenvalue weighted by Crippen LogP contribution is -2.42. The van der Waals surface area contributed by atoms with E-state index in [1.54, 1.807) is 0 Å². The fraction of sp³-hybridized carbons (Fsp3) is 0.583. The second kappa shape index (κ2) is 7.06. The predicted molar refractivity (Wildman–Crippen MR) is 65.3 cm³/mol. The molecule has 4 heteroatoms. The summed E-state index contributed by atoms with van der Waals surface area (Å²) in [6.07, 6.45) is 12.7. The molecule has 0 aromatic heterocycles. The van der Waals surface area contributed by atoms with Crippen molar-refractivity contribution in [1.82, 2.24) is 10.0 Å². The molecule has 0 radical (unpaired) electrons. The van der Waals surface area contributed by atoms with Gasteiger partial charge in [0.15, 0.2) is 0 Å². The second-order valence-electron chi connectivity index (χ2n) is 4.02. The van der Waals surface area contributed by atoms with Crippen molar-refractivity contribution in [3.8, 4) is 0 Å². The first-order valence-corrected chi connectivity index (χ1v) is 5.81. The van der Waals surface area contributed by atoms with Gasteiger partial charge in [0, 0.05) is 26.2 Å². The molecule has 4 nitrogen and oxygen atoms in total. The zero-order chi connectivity index (χ0) is 11.8. The van der Waals surface area contributed by atoms with Gasteiger partial charge in [-0.25, -0.2) is 5.01 Å². The largest absolute Gasteiger partial charge is 0.370 e. The van der Waals surface area contributed by atoms with Crippen LogP contribution in [0.1, 0.15) is 26.2 Å². The molecule has 0 atom stereocenters. The van der Waals surface area contributed by atoms with E-state index in [1.165, 1.54) is 39.3 Å². The van der Waals surface area contributed by atoms with Crippen LogP contribution >= 0.6 is 0 Å². The maximum atomic E-state index is 9.22. The van der Waals surface area contributed by atoms with Gasteiger partial charge in [-0.1, -0.05) is 18.6 Å². The number of amides is 1. The van der Waals surface area contributed by atoms with E-state index in [2.05, 4.69) is 40.2 Å². The average molecular weight is 223 g/mol. The van der Waals surface area contributed by atoms with E-state index in [1.807, 2.05) is 0 Å². The summed E-state index contributed by atoms with van der Waals surface area (Å²) in [5, 5.41) is 4.77. The van der Waals surface area contributed by atoms with Crippen LogP contribution in [0.4, 0.5) is 0 Å². The number of carbonyl (C=O) groups excluding carboxylic acids is 1. The Bertz CT molecular complexity index is 263. The molecule has 0 aliphatic carbocycles. The lowest BCUT2D eigenvalue weighted by molar-refractivity contribution is -0.115. The molecule has 2 aliphatic rings. The van der Waals surface area contributed by atoms with Gasteiger partial charge in [-0.05, 0) is 18.9 Å². The Morgan fingerprint density at radius 1 is 1.19 bits per heavy atom. The van der Waals surface area contributed by atoms with Crippen LogP contribution in [0.15, 0.2) is 24.4 Å². The molecule has 2 N–H and O–H groups in total. The van der Waals surface area contributed by atoms with Crippen LogP contribution in [0.3, 0.4) is 0 Å². The Labute approximate surface area is 97.4 Å². The molecule has 0 aromatic carbocycles. The summed E-state index contributed by atoms with van der Waals surface area (Å²) in [4.78, 5) is 9.22. The number of nitrogens with two attached hydrogens (primary N) is 1. The normalized spacial score (nSPS) is 20.2. The van der Waals surface area contributed by atoms with Crippen LogP contribution in [-0.2, 0) is 4.79 Å². The Balaban J connectivity index is 0.000000280. The molecule has 0 bridgehead atoms. The maximum Gasteiger partial charge on any atom is 0.214 e. The van der Waals surface area contributed by atoms with Crippen LogP contribution in [0.25, 0.3) is 0 Å². The third-order valence-corrected chi connectivity index (χ3v) is 2.49. The SMILES string of the molecule is C1=CCN(N2CCCCC2)C=C1.CC(N)=O. The molecule has 2 rings (SSSR count). The first-order chi connectivity index (χ1) is 7.70. The summed E-state index contributed by atoms with van der Waals surface area (Å²) in [6.45, 7) is 4.83. The van der Waals surface area contributed by atoms with E-state index in [4.69, 9.17) is 0 Å². The molecule has 0 spiro atoms. The Hall–Kier alpha value is -1.29. The molecule has 2 heterocycles. The van der Waals surface area contributed by atoms with Gasteiger partial charge in [-0.2, -0.15) is 0 Å². The number of rotatable bonds is 1. The highest BCUT2D eigenvalue weighted by molar-refractivity contribution is 5.70. The molecule has 1 saturated heterocycles. The van der Waals surface area contributed by atoms with Crippen molar-refractivity contribution in [2.45, 2.75) is 26.2 Å². The van der Waals surface area contributed by atoms with Gasteiger partial charge >= 0.3 is 0 Å². The third kappa shape index (κ3) is 4.98. The van der Waals surface area contributed by atoms with E-state index in [-0.39, 0.29) is 5.91 Å². The standard InChI is InChI=1S/C10H16N2.C2H5NO/c1-3-7-11(8-4-1)12-9-5-2-6-10-12;1-2(3)4/h1,3-4,7H,2,5-6,8-10H2;1H3,(H2,3,4). The Kier molecular flexibility index (Phi) is 5.64. The molecule has 2 aliphatic heterocycles. The zero-order valence-corrected chi connectivity index (χ0v) is 9.93. The summed E-state index contributed by atoms with van der Waals surface area (Å²) >= 11 is 0. The fourth-order valence-corrected chi connectivity index (χ4v) is 1.80. The minimum atomic E-state index is -0.333. The first-order valence-electron chi connectivity index (χ1n) is 5.81. The van der Waals surface area contributed by atoms with Crippen molar-refractivity contribution in [2.24, 2.45) is 5.73 Å². The van der Waals surface area contributed by atoms with E-state index >= 15 is 0 Å². The van der Waals surface area contributed by atoms with Crippen LogP contribution in [0.2, 0.25) is 0 Å². The number of primary amides is 1. The van der Waals surface area contributed by atoms with E-state index < -0.39 is 0 Å². The van der Waals surface area contributed by atoms with Crippen molar-refractivity contribution < 1.29 is 4.79 Å². The summed E-state index contributed by atoms with van der Waals surface area (Å²) < 4.78 is 0. The summed E-state index contributed by atoms with van der Waals surface area (Å²) in [5.41, 5.74) is 4.47. The number of carbonyl (C=O) groups is 1. The highest BCUT2D eigenvalue weighted by Crippen LogP contribution is 2.13. The first kappa shape index (κ1) is 12.8. The number of hydrogen-bond acceptors (Lipinski definition) is 3. The number of nitrogens with zero attached hydrogens (tertiary/aromatic N) is 2. The van der Waals surface area contributed by atoms with Crippen LogP contribution in [0.5, 0.6) is 0 Å². The van der Waals surface area contributed by atoms with Gasteiger partial charge < -0.3 is 10.7 Å². The maximum absolute atomic E-state index is 9.22. The molecule has 16 heavy (non-hydrogen) atoms. The monoisotopic (exact) mass is 223 g/mol. The Morgan fingerprint density at radius 2 is 1.81 bits per heavy atom. The van der Waals surface area contributed by atoms with Crippen molar-refractivity contribution in [3.63, 3.8) is 0 Å². The quantitative estimate of drug-likeness (QED) is 0.728. The molecule has 0 unspecified atom stereocenters. The lowest BCUT2D eigenvalue weighted by Gasteiger charge is -2.36. The highest BCUT2D eigenvalue weighted by Gasteiger charge is 2.14. The Morgan fingerprint density at radius 3 is 2.31 bits per heavy atom. The van der Waals surface area contributed by atoms with E-state index in [0.717, 1.165) is 6.54 Å². The topological polar surface area (TPSA) is 49.6 Å². The lowest BCUT2D eigenvalue weighted by atomic mass is 10.2. The summed E-state index contributed by atoms with van der Waals surface area (Å²) in [5.74, 6) is -0.333. The zero-order valence-electron chi connectivity index (χ0n) is 9.93. The molecule has 90 valence electrons. The van der Waals surface area contributed by atoms with Gasteiger partial charge in [-0.15, -0.1) is 0 Å². The van der Waals surface area contributed by atoms with Gasteiger partial charge in [0.2, 0.25) is 5.91 Å². The van der Waals surface area contributed by atoms with Crippen molar-refractivity contribution >= 4 is 5.91 Å². The number of piperidine rings is 1. The second-order valence-corrected chi connectivity index (χ2v) is 4.02. The van der Waals surface area contributed by atoms with Gasteiger partial charge in [-0.3, -0.25) is 4.79 Å². The molecular weight excluding hydrogens is 202 g/mol. The van der Waals surface area contributed by atoms with Crippen molar-refractivity contribution in [1.29, 1.82) is 0 Å². The van der Waals surface area contributed by atoms with E-state index in [0.29, 0.717) is 0 Å². The summed E-state index contributed by atoms with van der Waals surface area (Å²) in [7, 11) is 0. The minimum Gasteiger partial charge on any atom is -0.370 e. The van der Waals surface area contributed by atoms with Gasteiger partial charge in [0.05, 0.1) is 6.54 Å². The predicted octanol–water partition coefficient (Wildman–Crippen LogP) is 1.26. The minimum absolute atomic E-state index is 0.333. The van der Waals surface area contributed by atoms with Crippen LogP contribution < -0.4 is 5.73 Å². The molecule has 1 fully saturated rings. The number of hydrazine groups is 1. The van der Waals surface area contributed by atoms with Crippen molar-refractivity contribution in [2.75, 3.05) is 19.6 Å². The molecule has 0 saturated carbocycles. The molecular formula is C12H21N3O. The summed E-state index contributed by atoms with van der Waals surface area (Å²) in [6, 6.07) is 0. The molecule has 1 amide bonds. The van der Waals surface area contributed by atoms with Gasteiger partial charge in [0.25, 0.3) is 0 Å².